The number of ether oxygens (including phenoxy) is 1. The molecule has 2 rings (SSSR count). The van der Waals surface area contributed by atoms with Crippen LogP contribution in [0.4, 0.5) is 0 Å². The quantitative estimate of drug-likeness (QED) is 0.449. The number of likely N-dealkylation sites (N-methyl/N-ethyl adjacent to an activating group) is 1. The third kappa shape index (κ3) is 5.51. The summed E-state index contributed by atoms with van der Waals surface area (Å²) in [5.74, 6) is 0.197. The fourth-order valence-electron chi connectivity index (χ4n) is 1.92. The van der Waals surface area contributed by atoms with E-state index in [9.17, 15) is 9.59 Å². The van der Waals surface area contributed by atoms with E-state index in [1.165, 1.54) is 4.70 Å². The average molecular weight is 352 g/mol. The van der Waals surface area contributed by atoms with Gasteiger partial charge in [0.2, 0.25) is 0 Å². The fourth-order valence-corrected chi connectivity index (χ4v) is 3.99. The third-order valence-corrected chi connectivity index (χ3v) is 5.32. The van der Waals surface area contributed by atoms with Crippen LogP contribution in [-0.4, -0.2) is 35.3 Å². The van der Waals surface area contributed by atoms with Crippen molar-refractivity contribution in [3.05, 3.63) is 24.3 Å². The molecular weight excluding hydrogens is 332 g/mol. The summed E-state index contributed by atoms with van der Waals surface area (Å²) in [5.41, 5.74) is 1.01. The molecule has 2 aromatic rings. The van der Waals surface area contributed by atoms with Crippen molar-refractivity contribution < 1.29 is 14.3 Å². The lowest BCUT2D eigenvalue weighted by molar-refractivity contribution is -0.154. The van der Waals surface area contributed by atoms with Crippen LogP contribution in [0.2, 0.25) is 0 Å². The first-order valence-corrected chi connectivity index (χ1v) is 9.36. The largest absolute Gasteiger partial charge is 0.453 e. The van der Waals surface area contributed by atoms with Crippen LogP contribution in [0.15, 0.2) is 28.6 Å². The summed E-state index contributed by atoms with van der Waals surface area (Å²) in [5, 5.41) is 2.62. The second-order valence-corrected chi connectivity index (χ2v) is 7.30. The Balaban J connectivity index is 1.68. The van der Waals surface area contributed by atoms with Gasteiger partial charge in [0.05, 0.1) is 10.2 Å². The van der Waals surface area contributed by atoms with Gasteiger partial charge in [-0.15, -0.1) is 11.3 Å². The maximum atomic E-state index is 11.7. The summed E-state index contributed by atoms with van der Waals surface area (Å²) in [6.45, 7) is 3.93. The second kappa shape index (κ2) is 8.88. The molecule has 0 radical (unpaired) electrons. The van der Waals surface area contributed by atoms with Crippen LogP contribution in [0, 0.1) is 0 Å². The highest BCUT2D eigenvalue weighted by atomic mass is 32.2. The molecule has 1 aromatic carbocycles. The molecule has 0 saturated heterocycles. The molecule has 0 unspecified atom stereocenters. The zero-order chi connectivity index (χ0) is 16.7. The van der Waals surface area contributed by atoms with Crippen molar-refractivity contribution >= 4 is 45.2 Å². The highest BCUT2D eigenvalue weighted by Crippen LogP contribution is 2.29. The summed E-state index contributed by atoms with van der Waals surface area (Å²) < 4.78 is 7.27. The van der Waals surface area contributed by atoms with Gasteiger partial charge in [-0.3, -0.25) is 9.59 Å². The first-order valence-electron chi connectivity index (χ1n) is 7.55. The van der Waals surface area contributed by atoms with Crippen LogP contribution in [0.3, 0.4) is 0 Å². The lowest BCUT2D eigenvalue weighted by Crippen LogP contribution is -2.35. The molecule has 1 heterocycles. The highest BCUT2D eigenvalue weighted by Gasteiger charge is 2.16. The molecule has 5 nitrogen and oxygen atoms in total. The first kappa shape index (κ1) is 17.7. The standard InChI is InChI=1S/C16H20N2O3S2/c1-3-17-15(20)11(2)21-14(19)9-6-10-22-16-18-12-7-4-5-8-13(12)23-16/h4-5,7-8,11H,3,6,9-10H2,1-2H3,(H,17,20)/t11-/m0/s1. The summed E-state index contributed by atoms with van der Waals surface area (Å²) in [6, 6.07) is 8.02. The van der Waals surface area contributed by atoms with Crippen LogP contribution < -0.4 is 5.32 Å². The Bertz CT molecular complexity index is 639. The van der Waals surface area contributed by atoms with Gasteiger partial charge in [0, 0.05) is 18.7 Å². The Kier molecular flexibility index (Phi) is 6.85. The van der Waals surface area contributed by atoms with E-state index in [1.54, 1.807) is 30.0 Å². The summed E-state index contributed by atoms with van der Waals surface area (Å²) in [6.07, 6.45) is 0.266. The molecule has 0 spiro atoms. The third-order valence-electron chi connectivity index (χ3n) is 3.05. The van der Waals surface area contributed by atoms with Gasteiger partial charge < -0.3 is 10.1 Å². The molecule has 124 valence electrons. The SMILES string of the molecule is CCNC(=O)[C@H](C)OC(=O)CCCSc1nc2ccccc2s1. The number of nitrogens with one attached hydrogen (secondary N) is 1. The number of carbonyl (C=O) groups excluding carboxylic acids is 2. The van der Waals surface area contributed by atoms with Crippen molar-refractivity contribution in [2.24, 2.45) is 0 Å². The number of hydrogen-bond donors (Lipinski definition) is 1. The maximum Gasteiger partial charge on any atom is 0.306 e. The zero-order valence-corrected chi connectivity index (χ0v) is 14.8. The predicted molar refractivity (Wildman–Crippen MR) is 93.8 cm³/mol. The van der Waals surface area contributed by atoms with E-state index in [1.807, 2.05) is 25.1 Å². The smallest absolute Gasteiger partial charge is 0.306 e. The number of para-hydroxylation sites is 1. The van der Waals surface area contributed by atoms with E-state index < -0.39 is 6.10 Å². The predicted octanol–water partition coefficient (Wildman–Crippen LogP) is 3.24. The van der Waals surface area contributed by atoms with Crippen molar-refractivity contribution in [1.29, 1.82) is 0 Å². The van der Waals surface area contributed by atoms with E-state index >= 15 is 0 Å². The van der Waals surface area contributed by atoms with Gasteiger partial charge in [0.1, 0.15) is 0 Å². The summed E-state index contributed by atoms with van der Waals surface area (Å²) in [4.78, 5) is 27.7. The number of aromatic nitrogens is 1. The van der Waals surface area contributed by atoms with Crippen LogP contribution in [0.25, 0.3) is 10.2 Å². The molecule has 23 heavy (non-hydrogen) atoms. The molecule has 0 bridgehead atoms. The molecule has 0 saturated carbocycles. The number of amides is 1. The van der Waals surface area contributed by atoms with Crippen molar-refractivity contribution in [3.8, 4) is 0 Å². The number of thioether (sulfide) groups is 1. The van der Waals surface area contributed by atoms with Gasteiger partial charge >= 0.3 is 5.97 Å². The first-order chi connectivity index (χ1) is 11.1. The van der Waals surface area contributed by atoms with Crippen molar-refractivity contribution in [2.75, 3.05) is 12.3 Å². The van der Waals surface area contributed by atoms with E-state index in [-0.39, 0.29) is 11.9 Å². The molecule has 0 fully saturated rings. The number of benzene rings is 1. The Labute approximate surface area is 143 Å². The van der Waals surface area contributed by atoms with E-state index in [4.69, 9.17) is 4.74 Å². The number of fused-ring (bicyclic) bond motifs is 1. The van der Waals surface area contributed by atoms with Crippen molar-refractivity contribution in [2.45, 2.75) is 37.1 Å². The molecule has 1 N–H and O–H groups in total. The Morgan fingerprint density at radius 2 is 2.17 bits per heavy atom. The van der Waals surface area contributed by atoms with Crippen LogP contribution in [0.5, 0.6) is 0 Å². The van der Waals surface area contributed by atoms with Crippen molar-refractivity contribution in [3.63, 3.8) is 0 Å². The Morgan fingerprint density at radius 3 is 2.91 bits per heavy atom. The van der Waals surface area contributed by atoms with Crippen molar-refractivity contribution in [1.82, 2.24) is 10.3 Å². The molecule has 1 amide bonds. The molecule has 0 aliphatic rings. The summed E-state index contributed by atoms with van der Waals surface area (Å²) >= 11 is 3.30. The average Bonchev–Trinajstić information content (AvgIpc) is 2.94. The van der Waals surface area contributed by atoms with Gasteiger partial charge in [-0.25, -0.2) is 4.98 Å². The molecule has 1 aromatic heterocycles. The van der Waals surface area contributed by atoms with Crippen LogP contribution in [0.1, 0.15) is 26.7 Å². The second-order valence-electron chi connectivity index (χ2n) is 4.93. The highest BCUT2D eigenvalue weighted by molar-refractivity contribution is 8.01. The van der Waals surface area contributed by atoms with Gasteiger partial charge in [0.25, 0.3) is 5.91 Å². The van der Waals surface area contributed by atoms with Gasteiger partial charge in [-0.05, 0) is 32.4 Å². The Hall–Kier alpha value is -1.60. The Morgan fingerprint density at radius 1 is 1.39 bits per heavy atom. The normalized spacial score (nSPS) is 12.1. The summed E-state index contributed by atoms with van der Waals surface area (Å²) in [7, 11) is 0. The maximum absolute atomic E-state index is 11.7. The van der Waals surface area contributed by atoms with E-state index in [2.05, 4.69) is 16.4 Å². The van der Waals surface area contributed by atoms with Crippen LogP contribution >= 0.6 is 23.1 Å². The number of rotatable bonds is 8. The zero-order valence-electron chi connectivity index (χ0n) is 13.2. The topological polar surface area (TPSA) is 68.3 Å². The minimum absolute atomic E-state index is 0.260. The lowest BCUT2D eigenvalue weighted by atomic mass is 10.3. The van der Waals surface area contributed by atoms with Gasteiger partial charge in [0.15, 0.2) is 10.4 Å². The van der Waals surface area contributed by atoms with Crippen LogP contribution in [-0.2, 0) is 14.3 Å². The molecule has 1 atom stereocenters. The molecular formula is C16H20N2O3S2. The van der Waals surface area contributed by atoms with E-state index in [0.717, 1.165) is 15.6 Å². The fraction of sp³-hybridized carbons (Fsp3) is 0.438. The number of carbonyl (C=O) groups is 2. The minimum atomic E-state index is -0.737. The lowest BCUT2D eigenvalue weighted by Gasteiger charge is -2.12. The monoisotopic (exact) mass is 352 g/mol. The minimum Gasteiger partial charge on any atom is -0.453 e. The van der Waals surface area contributed by atoms with Gasteiger partial charge in [-0.1, -0.05) is 23.9 Å². The number of hydrogen-bond acceptors (Lipinski definition) is 6. The number of esters is 1. The molecule has 0 aliphatic carbocycles. The molecule has 0 aliphatic heterocycles. The van der Waals surface area contributed by atoms with E-state index in [0.29, 0.717) is 19.4 Å². The van der Waals surface area contributed by atoms with Gasteiger partial charge in [-0.2, -0.15) is 0 Å². The number of thiazole rings is 1. The number of nitrogens with zero attached hydrogens (tertiary/aromatic N) is 1. The molecule has 7 heteroatoms.